The lowest BCUT2D eigenvalue weighted by atomic mass is 10.2. The lowest BCUT2D eigenvalue weighted by Crippen LogP contribution is -2.29. The third-order valence-corrected chi connectivity index (χ3v) is 3.28. The summed E-state index contributed by atoms with van der Waals surface area (Å²) >= 11 is 0. The van der Waals surface area contributed by atoms with E-state index in [9.17, 15) is 14.3 Å². The summed E-state index contributed by atoms with van der Waals surface area (Å²) in [6.45, 7) is -0.301. The second-order valence-electron chi connectivity index (χ2n) is 5.12. The number of rotatable bonds is 6. The van der Waals surface area contributed by atoms with Crippen molar-refractivity contribution in [1.29, 1.82) is 0 Å². The smallest absolute Gasteiger partial charge is 0.437 e. The summed E-state index contributed by atoms with van der Waals surface area (Å²) in [4.78, 5) is 11.8. The maximum Gasteiger partial charge on any atom is 0.437 e. The lowest BCUT2D eigenvalue weighted by molar-refractivity contribution is 0.0856. The van der Waals surface area contributed by atoms with E-state index in [0.29, 0.717) is 5.56 Å². The molecule has 0 spiro atoms. The van der Waals surface area contributed by atoms with Gasteiger partial charge in [0.05, 0.1) is 6.54 Å². The number of hydrogen-bond acceptors (Lipinski definition) is 5. The first kappa shape index (κ1) is 15.9. The van der Waals surface area contributed by atoms with Crippen molar-refractivity contribution in [2.75, 3.05) is 6.61 Å². The maximum atomic E-state index is 13.4. The fourth-order valence-electron chi connectivity index (χ4n) is 2.12. The van der Waals surface area contributed by atoms with Crippen LogP contribution >= 0.6 is 0 Å². The van der Waals surface area contributed by atoms with Crippen LogP contribution in [0, 0.1) is 5.82 Å². The highest BCUT2D eigenvalue weighted by Gasteiger charge is 2.15. The van der Waals surface area contributed by atoms with Gasteiger partial charge >= 0.3 is 5.76 Å². The molecule has 0 bridgehead atoms. The summed E-state index contributed by atoms with van der Waals surface area (Å²) in [6.07, 6.45) is -1.05. The fraction of sp³-hybridized carbons (Fsp3) is 0.176. The first-order valence-electron chi connectivity index (χ1n) is 7.32. The summed E-state index contributed by atoms with van der Waals surface area (Å²) in [5.74, 6) is -0.995. The van der Waals surface area contributed by atoms with Crippen molar-refractivity contribution in [2.24, 2.45) is 0 Å². The first-order chi connectivity index (χ1) is 11.6. The number of aliphatic hydroxyl groups excluding tert-OH is 1. The summed E-state index contributed by atoms with van der Waals surface area (Å²) in [5, 5.41) is 14.0. The van der Waals surface area contributed by atoms with Crippen LogP contribution in [0.25, 0.3) is 11.5 Å². The van der Waals surface area contributed by atoms with Crippen LogP contribution in [0.1, 0.15) is 0 Å². The molecule has 24 heavy (non-hydrogen) atoms. The molecule has 0 saturated carbocycles. The molecular weight excluding hydrogens is 315 g/mol. The SMILES string of the molecule is O=c1oc(-c2ccccc2)nn1C[C@H](O)COc1ccccc1F. The monoisotopic (exact) mass is 330 g/mol. The van der Waals surface area contributed by atoms with Crippen molar-refractivity contribution in [3.63, 3.8) is 0 Å². The van der Waals surface area contributed by atoms with E-state index in [2.05, 4.69) is 5.10 Å². The number of aromatic nitrogens is 2. The van der Waals surface area contributed by atoms with Gasteiger partial charge in [-0.1, -0.05) is 30.3 Å². The van der Waals surface area contributed by atoms with Crippen molar-refractivity contribution < 1.29 is 18.7 Å². The Morgan fingerprint density at radius 3 is 2.62 bits per heavy atom. The van der Waals surface area contributed by atoms with E-state index in [4.69, 9.17) is 9.15 Å². The highest BCUT2D eigenvalue weighted by Crippen LogP contribution is 2.16. The molecule has 3 rings (SSSR count). The molecule has 0 aliphatic carbocycles. The second kappa shape index (κ2) is 7.10. The van der Waals surface area contributed by atoms with Crippen molar-refractivity contribution in [3.8, 4) is 17.2 Å². The first-order valence-corrected chi connectivity index (χ1v) is 7.32. The van der Waals surface area contributed by atoms with E-state index in [1.165, 1.54) is 12.1 Å². The number of para-hydroxylation sites is 1. The summed E-state index contributed by atoms with van der Waals surface area (Å²) in [5.41, 5.74) is 0.658. The normalized spacial score (nSPS) is 12.1. The van der Waals surface area contributed by atoms with Gasteiger partial charge < -0.3 is 14.3 Å². The van der Waals surface area contributed by atoms with E-state index in [0.717, 1.165) is 4.68 Å². The molecular formula is C17H15FN2O4. The van der Waals surface area contributed by atoms with E-state index < -0.39 is 17.7 Å². The second-order valence-corrected chi connectivity index (χ2v) is 5.12. The Bertz CT molecular complexity index is 860. The van der Waals surface area contributed by atoms with Crippen LogP contribution in [0.15, 0.2) is 63.8 Å². The summed E-state index contributed by atoms with van der Waals surface area (Å²) in [6, 6.07) is 14.8. The Hall–Kier alpha value is -2.93. The van der Waals surface area contributed by atoms with Crippen LogP contribution < -0.4 is 10.5 Å². The maximum absolute atomic E-state index is 13.4. The van der Waals surface area contributed by atoms with E-state index in [1.807, 2.05) is 6.07 Å². The zero-order valence-corrected chi connectivity index (χ0v) is 12.6. The van der Waals surface area contributed by atoms with Crippen LogP contribution in [-0.2, 0) is 6.54 Å². The zero-order chi connectivity index (χ0) is 16.9. The molecule has 124 valence electrons. The molecule has 0 amide bonds. The molecule has 0 radical (unpaired) electrons. The molecule has 0 unspecified atom stereocenters. The summed E-state index contributed by atoms with van der Waals surface area (Å²) < 4.78 is 24.7. The van der Waals surface area contributed by atoms with Crippen molar-refractivity contribution in [1.82, 2.24) is 9.78 Å². The van der Waals surface area contributed by atoms with E-state index >= 15 is 0 Å². The molecule has 0 fully saturated rings. The van der Waals surface area contributed by atoms with E-state index in [-0.39, 0.29) is 24.8 Å². The largest absolute Gasteiger partial charge is 0.488 e. The molecule has 1 aromatic heterocycles. The van der Waals surface area contributed by atoms with E-state index in [1.54, 1.807) is 36.4 Å². The molecule has 0 saturated heterocycles. The number of aliphatic hydroxyl groups is 1. The van der Waals surface area contributed by atoms with Gasteiger partial charge in [0.25, 0.3) is 0 Å². The highest BCUT2D eigenvalue weighted by molar-refractivity contribution is 5.51. The van der Waals surface area contributed by atoms with Gasteiger partial charge in [-0.2, -0.15) is 4.68 Å². The Balaban J connectivity index is 1.65. The third-order valence-electron chi connectivity index (χ3n) is 3.28. The molecule has 1 atom stereocenters. The average molecular weight is 330 g/mol. The third kappa shape index (κ3) is 3.69. The van der Waals surface area contributed by atoms with Crippen LogP contribution in [-0.4, -0.2) is 27.6 Å². The minimum Gasteiger partial charge on any atom is -0.488 e. The Morgan fingerprint density at radius 2 is 1.88 bits per heavy atom. The van der Waals surface area contributed by atoms with Crippen molar-refractivity contribution in [2.45, 2.75) is 12.6 Å². The van der Waals surface area contributed by atoms with Gasteiger partial charge in [0, 0.05) is 5.56 Å². The molecule has 2 aromatic carbocycles. The number of halogens is 1. The minimum absolute atomic E-state index is 0.0361. The van der Waals surface area contributed by atoms with Crippen LogP contribution in [0.2, 0.25) is 0 Å². The number of nitrogens with zero attached hydrogens (tertiary/aromatic N) is 2. The lowest BCUT2D eigenvalue weighted by Gasteiger charge is -2.11. The molecule has 1 N–H and O–H groups in total. The Morgan fingerprint density at radius 1 is 1.17 bits per heavy atom. The molecule has 0 aliphatic rings. The number of benzene rings is 2. The number of hydrogen-bond donors (Lipinski definition) is 1. The Kier molecular flexibility index (Phi) is 4.72. The molecule has 6 nitrogen and oxygen atoms in total. The highest BCUT2D eigenvalue weighted by atomic mass is 19.1. The average Bonchev–Trinajstić information content (AvgIpc) is 2.96. The Labute approximate surface area is 136 Å². The zero-order valence-electron chi connectivity index (χ0n) is 12.6. The topological polar surface area (TPSA) is 77.5 Å². The van der Waals surface area contributed by atoms with Gasteiger partial charge in [-0.15, -0.1) is 5.10 Å². The van der Waals surface area contributed by atoms with Gasteiger partial charge in [0.2, 0.25) is 5.89 Å². The van der Waals surface area contributed by atoms with Crippen LogP contribution in [0.4, 0.5) is 4.39 Å². The predicted octanol–water partition coefficient (Wildman–Crippen LogP) is 2.08. The van der Waals surface area contributed by atoms with Gasteiger partial charge in [0.1, 0.15) is 12.7 Å². The molecule has 0 aliphatic heterocycles. The minimum atomic E-state index is -1.05. The van der Waals surface area contributed by atoms with Crippen LogP contribution in [0.5, 0.6) is 5.75 Å². The standard InChI is InChI=1S/C17H15FN2O4/c18-14-8-4-5-9-15(14)23-11-13(21)10-20-17(22)24-16(19-20)12-6-2-1-3-7-12/h1-9,13,21H,10-11H2/t13-/m0/s1. The molecule has 3 aromatic rings. The van der Waals surface area contributed by atoms with Crippen molar-refractivity contribution in [3.05, 3.63) is 71.0 Å². The predicted molar refractivity (Wildman–Crippen MR) is 84.1 cm³/mol. The van der Waals surface area contributed by atoms with Crippen LogP contribution in [0.3, 0.4) is 0 Å². The number of ether oxygens (including phenoxy) is 1. The van der Waals surface area contributed by atoms with Gasteiger partial charge in [0.15, 0.2) is 11.6 Å². The van der Waals surface area contributed by atoms with Gasteiger partial charge in [-0.3, -0.25) is 0 Å². The van der Waals surface area contributed by atoms with Gasteiger partial charge in [-0.05, 0) is 24.3 Å². The summed E-state index contributed by atoms with van der Waals surface area (Å²) in [7, 11) is 0. The van der Waals surface area contributed by atoms with Gasteiger partial charge in [-0.25, -0.2) is 9.18 Å². The van der Waals surface area contributed by atoms with Crippen molar-refractivity contribution >= 4 is 0 Å². The quantitative estimate of drug-likeness (QED) is 0.749. The molecule has 1 heterocycles. The fourth-order valence-corrected chi connectivity index (χ4v) is 2.12. The molecule has 7 heteroatoms.